The number of unbranched alkanes of at least 4 members (excludes halogenated alkanes) is 7. The maximum atomic E-state index is 8.58. The van der Waals surface area contributed by atoms with Crippen molar-refractivity contribution in [2.45, 2.75) is 62.4 Å². The second-order valence-electron chi connectivity index (χ2n) is 3.82. The highest BCUT2D eigenvalue weighted by atomic mass is 32.2. The van der Waals surface area contributed by atoms with Crippen molar-refractivity contribution < 1.29 is 5.11 Å². The molecule has 0 spiro atoms. The summed E-state index contributed by atoms with van der Waals surface area (Å²) in [6.45, 7) is 0.352. The fourth-order valence-electron chi connectivity index (χ4n) is 1.50. The maximum absolute atomic E-state index is 8.58. The Hall–Kier alpha value is 0.660. The summed E-state index contributed by atoms with van der Waals surface area (Å²) in [6.07, 6.45) is 11.1. The van der Waals surface area contributed by atoms with Gasteiger partial charge in [-0.3, -0.25) is 0 Å². The second-order valence-corrected chi connectivity index (χ2v) is 5.48. The highest BCUT2D eigenvalue weighted by Gasteiger charge is 1.95. The van der Waals surface area contributed by atoms with E-state index in [1.54, 1.807) is 0 Å². The fraction of sp³-hybridized carbons (Fsp3) is 1.00. The Bertz CT molecular complexity index is 107. The number of hydrogen-bond acceptors (Lipinski definition) is 3. The van der Waals surface area contributed by atoms with E-state index in [-0.39, 0.29) is 4.58 Å². The predicted molar refractivity (Wildman–Crippen MR) is 70.4 cm³/mol. The van der Waals surface area contributed by atoms with E-state index in [4.69, 9.17) is 5.11 Å². The molecule has 86 valence electrons. The van der Waals surface area contributed by atoms with Crippen molar-refractivity contribution in [2.24, 2.45) is 0 Å². The van der Waals surface area contributed by atoms with Gasteiger partial charge in [0.05, 0.1) is 0 Å². The molecule has 1 nitrogen and oxygen atoms in total. The largest absolute Gasteiger partial charge is 0.396 e. The first-order valence-corrected chi connectivity index (χ1v) is 6.77. The molecule has 0 aromatic carbocycles. The molecule has 0 atom stereocenters. The molecule has 3 heteroatoms. The lowest BCUT2D eigenvalue weighted by molar-refractivity contribution is 0.282. The van der Waals surface area contributed by atoms with Crippen molar-refractivity contribution in [3.05, 3.63) is 0 Å². The number of aliphatic hydroxyl groups is 1. The van der Waals surface area contributed by atoms with Crippen LogP contribution < -0.4 is 0 Å². The van der Waals surface area contributed by atoms with E-state index in [2.05, 4.69) is 25.3 Å². The molecule has 0 unspecified atom stereocenters. The van der Waals surface area contributed by atoms with E-state index in [0.29, 0.717) is 6.61 Å². The molecule has 0 aromatic rings. The first-order valence-electron chi connectivity index (χ1n) is 5.74. The van der Waals surface area contributed by atoms with Gasteiger partial charge in [-0.25, -0.2) is 0 Å². The van der Waals surface area contributed by atoms with Gasteiger partial charge >= 0.3 is 0 Å². The molecule has 1 N–H and O–H groups in total. The summed E-state index contributed by atoms with van der Waals surface area (Å²) in [7, 11) is 0. The van der Waals surface area contributed by atoms with Crippen molar-refractivity contribution >= 4 is 25.3 Å². The first-order chi connectivity index (χ1) is 6.77. The van der Waals surface area contributed by atoms with Crippen LogP contribution in [0.15, 0.2) is 0 Å². The summed E-state index contributed by atoms with van der Waals surface area (Å²) in [4.78, 5) is 0. The lowest BCUT2D eigenvalue weighted by Crippen LogP contribution is -1.87. The van der Waals surface area contributed by atoms with Gasteiger partial charge in [0, 0.05) is 11.2 Å². The van der Waals surface area contributed by atoms with Gasteiger partial charge in [0.15, 0.2) is 0 Å². The molecule has 0 aliphatic heterocycles. The van der Waals surface area contributed by atoms with Crippen molar-refractivity contribution in [1.82, 2.24) is 0 Å². The molecule has 0 fully saturated rings. The van der Waals surface area contributed by atoms with Gasteiger partial charge in [0.25, 0.3) is 0 Å². The van der Waals surface area contributed by atoms with Crippen LogP contribution in [0.4, 0.5) is 0 Å². The monoisotopic (exact) mass is 236 g/mol. The molecule has 0 saturated carbocycles. The van der Waals surface area contributed by atoms with E-state index in [1.165, 1.54) is 44.9 Å². The summed E-state index contributed by atoms with van der Waals surface area (Å²) < 4.78 is 0.263. The zero-order valence-electron chi connectivity index (χ0n) is 8.99. The van der Waals surface area contributed by atoms with Crippen LogP contribution in [-0.4, -0.2) is 16.3 Å². The Morgan fingerprint density at radius 3 is 1.57 bits per heavy atom. The lowest BCUT2D eigenvalue weighted by atomic mass is 10.1. The number of rotatable bonds is 10. The van der Waals surface area contributed by atoms with Crippen LogP contribution in [0.25, 0.3) is 0 Å². The molecule has 0 heterocycles. The van der Waals surface area contributed by atoms with Crippen LogP contribution in [0.3, 0.4) is 0 Å². The average molecular weight is 236 g/mol. The Balaban J connectivity index is 2.85. The summed E-state index contributed by atoms with van der Waals surface area (Å²) in [5.41, 5.74) is 0. The standard InChI is InChI=1S/C11H24OS2/c12-10-8-6-4-2-1-3-5-7-9-11(13)14/h11-14H,1-10H2. The van der Waals surface area contributed by atoms with Gasteiger partial charge in [0.2, 0.25) is 0 Å². The van der Waals surface area contributed by atoms with Gasteiger partial charge in [0.1, 0.15) is 0 Å². The maximum Gasteiger partial charge on any atom is 0.0442 e. The third-order valence-electron chi connectivity index (χ3n) is 2.37. The number of hydrogen-bond donors (Lipinski definition) is 3. The SMILES string of the molecule is OCCCCCCCCCCC(S)S. The molecule has 0 rings (SSSR count). The number of aliphatic hydroxyl groups excluding tert-OH is 1. The normalized spacial score (nSPS) is 11.1. The fourth-order valence-corrected chi connectivity index (χ4v) is 1.86. The van der Waals surface area contributed by atoms with Gasteiger partial charge in [-0.15, -0.1) is 0 Å². The average Bonchev–Trinajstić information content (AvgIpc) is 2.15. The van der Waals surface area contributed by atoms with Crippen LogP contribution >= 0.6 is 25.3 Å². The third-order valence-corrected chi connectivity index (χ3v) is 2.89. The summed E-state index contributed by atoms with van der Waals surface area (Å²) >= 11 is 8.44. The Kier molecular flexibility index (Phi) is 12.3. The van der Waals surface area contributed by atoms with Crippen molar-refractivity contribution in [3.8, 4) is 0 Å². The summed E-state index contributed by atoms with van der Waals surface area (Å²) in [5, 5.41) is 8.58. The van der Waals surface area contributed by atoms with Crippen molar-refractivity contribution in [1.29, 1.82) is 0 Å². The number of thiol groups is 2. The van der Waals surface area contributed by atoms with Crippen molar-refractivity contribution in [2.75, 3.05) is 6.61 Å². The Labute approximate surface area is 99.5 Å². The molecule has 0 bridgehead atoms. The lowest BCUT2D eigenvalue weighted by Gasteiger charge is -2.03. The quantitative estimate of drug-likeness (QED) is 0.300. The predicted octanol–water partition coefficient (Wildman–Crippen LogP) is 3.68. The molecule has 0 radical (unpaired) electrons. The molecule has 0 aromatic heterocycles. The highest BCUT2D eigenvalue weighted by Crippen LogP contribution is 2.13. The van der Waals surface area contributed by atoms with Gasteiger partial charge in [-0.05, 0) is 12.8 Å². The molecule has 0 saturated heterocycles. The summed E-state index contributed by atoms with van der Waals surface area (Å²) in [6, 6.07) is 0. The van der Waals surface area contributed by atoms with Gasteiger partial charge in [-0.1, -0.05) is 44.9 Å². The zero-order chi connectivity index (χ0) is 10.6. The Morgan fingerprint density at radius 2 is 1.14 bits per heavy atom. The van der Waals surface area contributed by atoms with E-state index in [0.717, 1.165) is 12.8 Å². The van der Waals surface area contributed by atoms with E-state index in [9.17, 15) is 0 Å². The van der Waals surface area contributed by atoms with E-state index in [1.807, 2.05) is 0 Å². The van der Waals surface area contributed by atoms with Crippen LogP contribution in [0.2, 0.25) is 0 Å². The van der Waals surface area contributed by atoms with Crippen LogP contribution in [0, 0.1) is 0 Å². The highest BCUT2D eigenvalue weighted by molar-refractivity contribution is 7.99. The topological polar surface area (TPSA) is 20.2 Å². The molecule has 0 aliphatic rings. The second kappa shape index (κ2) is 11.7. The van der Waals surface area contributed by atoms with Crippen LogP contribution in [0.1, 0.15) is 57.8 Å². The molecular formula is C11H24OS2. The van der Waals surface area contributed by atoms with E-state index < -0.39 is 0 Å². The van der Waals surface area contributed by atoms with E-state index >= 15 is 0 Å². The smallest absolute Gasteiger partial charge is 0.0442 e. The van der Waals surface area contributed by atoms with Crippen molar-refractivity contribution in [3.63, 3.8) is 0 Å². The molecule has 14 heavy (non-hydrogen) atoms. The minimum absolute atomic E-state index is 0.263. The molecule has 0 aliphatic carbocycles. The van der Waals surface area contributed by atoms with Crippen LogP contribution in [0.5, 0.6) is 0 Å². The first kappa shape index (κ1) is 14.7. The zero-order valence-corrected chi connectivity index (χ0v) is 10.8. The van der Waals surface area contributed by atoms with Crippen LogP contribution in [-0.2, 0) is 0 Å². The third kappa shape index (κ3) is 12.7. The molecular weight excluding hydrogens is 212 g/mol. The van der Waals surface area contributed by atoms with Gasteiger partial charge < -0.3 is 5.11 Å². The Morgan fingerprint density at radius 1 is 0.714 bits per heavy atom. The molecule has 0 amide bonds. The van der Waals surface area contributed by atoms with Gasteiger partial charge in [-0.2, -0.15) is 25.3 Å². The summed E-state index contributed by atoms with van der Waals surface area (Å²) in [5.74, 6) is 0. The minimum atomic E-state index is 0.263. The minimum Gasteiger partial charge on any atom is -0.396 e.